The average molecular weight is 535 g/mol. The van der Waals surface area contributed by atoms with Crippen molar-refractivity contribution in [1.82, 2.24) is 5.32 Å². The van der Waals surface area contributed by atoms with E-state index in [1.165, 1.54) is 42.5 Å². The zero-order valence-electron chi connectivity index (χ0n) is 20.9. The number of nitrogens with zero attached hydrogens (tertiary/aromatic N) is 1. The van der Waals surface area contributed by atoms with Gasteiger partial charge in [0.15, 0.2) is 0 Å². The fourth-order valence-corrected chi connectivity index (χ4v) is 6.00. The van der Waals surface area contributed by atoms with E-state index in [1.54, 1.807) is 29.2 Å². The molecule has 0 unspecified atom stereocenters. The zero-order valence-corrected chi connectivity index (χ0v) is 22.5. The highest BCUT2D eigenvalue weighted by Crippen LogP contribution is 2.42. The number of amides is 2. The Morgan fingerprint density at radius 3 is 2.49 bits per heavy atom. The molecule has 0 aliphatic carbocycles. The number of thioether (sulfide) groups is 2. The maximum Gasteiger partial charge on any atom is 0.265 e. The molecule has 0 bridgehead atoms. The summed E-state index contributed by atoms with van der Waals surface area (Å²) in [6.07, 6.45) is 5.27. The largest absolute Gasteiger partial charge is 0.352 e. The number of carbonyl (C=O) groups excluding carboxylic acids is 2. The zero-order chi connectivity index (χ0) is 26.0. The fourth-order valence-electron chi connectivity index (χ4n) is 3.90. The van der Waals surface area contributed by atoms with Crippen LogP contribution in [-0.2, 0) is 11.3 Å². The first-order valence-electron chi connectivity index (χ1n) is 12.6. The number of anilines is 1. The van der Waals surface area contributed by atoms with Crippen molar-refractivity contribution in [2.24, 2.45) is 0 Å². The van der Waals surface area contributed by atoms with Crippen molar-refractivity contribution in [3.8, 4) is 0 Å². The van der Waals surface area contributed by atoms with E-state index >= 15 is 0 Å². The lowest BCUT2D eigenvalue weighted by Gasteiger charge is -2.30. The summed E-state index contributed by atoms with van der Waals surface area (Å²) >= 11 is 3.37. The van der Waals surface area contributed by atoms with E-state index in [2.05, 4.69) is 12.2 Å². The van der Waals surface area contributed by atoms with E-state index in [4.69, 9.17) is 0 Å². The Morgan fingerprint density at radius 2 is 1.73 bits per heavy atom. The fraction of sp³-hybridized carbons (Fsp3) is 0.267. The third-order valence-electron chi connectivity index (χ3n) is 5.95. The van der Waals surface area contributed by atoms with Crippen LogP contribution in [-0.4, -0.2) is 29.9 Å². The minimum absolute atomic E-state index is 0.0831. The van der Waals surface area contributed by atoms with Gasteiger partial charge in [0.2, 0.25) is 0 Å². The summed E-state index contributed by atoms with van der Waals surface area (Å²) in [7, 11) is 0. The minimum atomic E-state index is -0.302. The van der Waals surface area contributed by atoms with E-state index in [0.717, 1.165) is 33.9 Å². The lowest BCUT2D eigenvalue weighted by atomic mass is 10.1. The van der Waals surface area contributed by atoms with Crippen molar-refractivity contribution in [3.63, 3.8) is 0 Å². The monoisotopic (exact) mass is 534 g/mol. The Hall–Kier alpha value is -3.03. The summed E-state index contributed by atoms with van der Waals surface area (Å²) in [4.78, 5) is 29.3. The molecule has 3 aromatic rings. The molecule has 1 aliphatic heterocycles. The lowest BCUT2D eigenvalue weighted by Crippen LogP contribution is -2.33. The van der Waals surface area contributed by atoms with Gasteiger partial charge in [-0.3, -0.25) is 9.59 Å². The third kappa shape index (κ3) is 7.49. The van der Waals surface area contributed by atoms with Gasteiger partial charge in [-0.05, 0) is 77.9 Å². The molecule has 0 spiro atoms. The molecule has 4 nitrogen and oxygen atoms in total. The smallest absolute Gasteiger partial charge is 0.265 e. The molecule has 0 radical (unpaired) electrons. The minimum Gasteiger partial charge on any atom is -0.352 e. The van der Waals surface area contributed by atoms with Crippen molar-refractivity contribution in [2.75, 3.05) is 23.0 Å². The standard InChI is InChI=1S/C30H31FN2O2S2/c1-2-3-18-36-19-6-17-32-29(34)24-13-9-22(10-14-24)20-28-30(35)33(21-23-11-15-25(31)16-12-23)26-7-4-5-8-27(26)37-28/h4-5,7-16,20H,2-3,6,17-19,21H2,1H3,(H,32,34). The Bertz CT molecular complexity index is 1240. The maximum atomic E-state index is 13.5. The molecule has 0 saturated carbocycles. The van der Waals surface area contributed by atoms with Crippen molar-refractivity contribution in [2.45, 2.75) is 37.6 Å². The van der Waals surface area contributed by atoms with Gasteiger partial charge in [-0.15, -0.1) is 0 Å². The van der Waals surface area contributed by atoms with Crippen LogP contribution in [0.2, 0.25) is 0 Å². The van der Waals surface area contributed by atoms with Crippen molar-refractivity contribution < 1.29 is 14.0 Å². The molecular formula is C30H31FN2O2S2. The number of nitrogens with one attached hydrogen (secondary N) is 1. The molecule has 3 aromatic carbocycles. The Labute approximate surface area is 226 Å². The van der Waals surface area contributed by atoms with Gasteiger partial charge in [-0.1, -0.05) is 61.5 Å². The quantitative estimate of drug-likeness (QED) is 0.209. The predicted octanol–water partition coefficient (Wildman–Crippen LogP) is 7.16. The van der Waals surface area contributed by atoms with E-state index in [9.17, 15) is 14.0 Å². The van der Waals surface area contributed by atoms with Gasteiger partial charge < -0.3 is 10.2 Å². The Kier molecular flexibility index (Phi) is 9.85. The van der Waals surface area contributed by atoms with Gasteiger partial charge in [0, 0.05) is 17.0 Å². The summed E-state index contributed by atoms with van der Waals surface area (Å²) in [5, 5.41) is 2.99. The van der Waals surface area contributed by atoms with E-state index in [0.29, 0.717) is 23.6 Å². The number of hydrogen-bond donors (Lipinski definition) is 1. The first-order valence-corrected chi connectivity index (χ1v) is 14.5. The van der Waals surface area contributed by atoms with Gasteiger partial charge in [-0.2, -0.15) is 11.8 Å². The second kappa shape index (κ2) is 13.5. The third-order valence-corrected chi connectivity index (χ3v) is 8.18. The topological polar surface area (TPSA) is 49.4 Å². The highest BCUT2D eigenvalue weighted by atomic mass is 32.2. The highest BCUT2D eigenvalue weighted by molar-refractivity contribution is 8.04. The molecule has 37 heavy (non-hydrogen) atoms. The molecule has 1 N–H and O–H groups in total. The summed E-state index contributed by atoms with van der Waals surface area (Å²) in [5.41, 5.74) is 3.15. The molecule has 1 heterocycles. The van der Waals surface area contributed by atoms with Crippen LogP contribution in [0.15, 0.2) is 82.6 Å². The van der Waals surface area contributed by atoms with Gasteiger partial charge in [0.25, 0.3) is 11.8 Å². The number of halogens is 1. The number of hydrogen-bond acceptors (Lipinski definition) is 4. The first-order chi connectivity index (χ1) is 18.0. The Balaban J connectivity index is 1.42. The van der Waals surface area contributed by atoms with Crippen molar-refractivity contribution >= 4 is 47.1 Å². The van der Waals surface area contributed by atoms with Gasteiger partial charge in [0.05, 0.1) is 17.1 Å². The van der Waals surface area contributed by atoms with E-state index in [1.807, 2.05) is 54.2 Å². The van der Waals surface area contributed by atoms with Gasteiger partial charge in [-0.25, -0.2) is 4.39 Å². The van der Waals surface area contributed by atoms with Crippen molar-refractivity contribution in [3.05, 3.63) is 100 Å². The molecule has 0 fully saturated rings. The lowest BCUT2D eigenvalue weighted by molar-refractivity contribution is -0.114. The highest BCUT2D eigenvalue weighted by Gasteiger charge is 2.29. The van der Waals surface area contributed by atoms with Crippen LogP contribution in [0, 0.1) is 5.82 Å². The number of rotatable bonds is 11. The number of unbranched alkanes of at least 4 members (excludes halogenated alkanes) is 1. The van der Waals surface area contributed by atoms with Crippen LogP contribution < -0.4 is 10.2 Å². The summed E-state index contributed by atoms with van der Waals surface area (Å²) in [5.74, 6) is 1.74. The van der Waals surface area contributed by atoms with E-state index < -0.39 is 0 Å². The molecular weight excluding hydrogens is 503 g/mol. The molecule has 4 rings (SSSR count). The second-order valence-corrected chi connectivity index (χ2v) is 11.1. The molecule has 0 aromatic heterocycles. The van der Waals surface area contributed by atoms with Crippen LogP contribution in [0.1, 0.15) is 47.7 Å². The van der Waals surface area contributed by atoms with E-state index in [-0.39, 0.29) is 17.6 Å². The van der Waals surface area contributed by atoms with Gasteiger partial charge >= 0.3 is 0 Å². The summed E-state index contributed by atoms with van der Waals surface area (Å²) in [6, 6.07) is 21.3. The second-order valence-electron chi connectivity index (χ2n) is 8.79. The van der Waals surface area contributed by atoms with Crippen LogP contribution in [0.25, 0.3) is 6.08 Å². The molecule has 2 amide bonds. The van der Waals surface area contributed by atoms with Crippen LogP contribution in [0.4, 0.5) is 10.1 Å². The molecule has 7 heteroatoms. The van der Waals surface area contributed by atoms with Crippen LogP contribution >= 0.6 is 23.5 Å². The summed E-state index contributed by atoms with van der Waals surface area (Å²) < 4.78 is 13.4. The summed E-state index contributed by atoms with van der Waals surface area (Å²) in [6.45, 7) is 3.21. The first kappa shape index (κ1) is 27.0. The normalized spacial score (nSPS) is 14.1. The predicted molar refractivity (Wildman–Crippen MR) is 153 cm³/mol. The average Bonchev–Trinajstić information content (AvgIpc) is 2.92. The Morgan fingerprint density at radius 1 is 1.00 bits per heavy atom. The molecule has 192 valence electrons. The van der Waals surface area contributed by atoms with Crippen molar-refractivity contribution in [1.29, 1.82) is 0 Å². The number of carbonyl (C=O) groups is 2. The molecule has 1 aliphatic rings. The molecule has 0 saturated heterocycles. The maximum absolute atomic E-state index is 13.5. The van der Waals surface area contributed by atoms with Crippen LogP contribution in [0.3, 0.4) is 0 Å². The van der Waals surface area contributed by atoms with Gasteiger partial charge in [0.1, 0.15) is 5.82 Å². The van der Waals surface area contributed by atoms with Crippen LogP contribution in [0.5, 0.6) is 0 Å². The SMILES string of the molecule is CCCCSCCCNC(=O)c1ccc(C=C2Sc3ccccc3N(Cc3ccc(F)cc3)C2=O)cc1. The number of fused-ring (bicyclic) bond motifs is 1. The number of para-hydroxylation sites is 1. The number of benzene rings is 3. The molecule has 0 atom stereocenters.